The van der Waals surface area contributed by atoms with Crippen LogP contribution in [0.25, 0.3) is 5.65 Å². The van der Waals surface area contributed by atoms with Gasteiger partial charge in [0.25, 0.3) is 0 Å². The van der Waals surface area contributed by atoms with Crippen LogP contribution in [0.3, 0.4) is 0 Å². The molecule has 0 radical (unpaired) electrons. The highest BCUT2D eigenvalue weighted by atomic mass is 19.4. The second-order valence-electron chi connectivity index (χ2n) is 5.51. The topological polar surface area (TPSA) is 59.3 Å². The molecule has 0 saturated heterocycles. The Balaban J connectivity index is 1.70. The number of hydrogen-bond donors (Lipinski definition) is 1. The maximum Gasteiger partial charge on any atom is 0.417 e. The molecule has 2 aromatic rings. The predicted octanol–water partition coefficient (Wildman–Crippen LogP) is 2.72. The fourth-order valence-electron chi connectivity index (χ4n) is 2.58. The minimum atomic E-state index is -4.44. The number of carbonyl (C=O) groups excluding carboxylic acids is 1. The Hall–Kier alpha value is -2.38. The first kappa shape index (κ1) is 15.5. The zero-order valence-corrected chi connectivity index (χ0v) is 12.2. The summed E-state index contributed by atoms with van der Waals surface area (Å²) < 4.78 is 39.5. The third-order valence-corrected chi connectivity index (χ3v) is 3.80. The first-order chi connectivity index (χ1) is 10.9. The molecule has 0 aliphatic heterocycles. The van der Waals surface area contributed by atoms with Crippen LogP contribution in [0.4, 0.5) is 13.2 Å². The molecule has 0 fully saturated rings. The third-order valence-electron chi connectivity index (χ3n) is 3.80. The van der Waals surface area contributed by atoms with E-state index in [9.17, 15) is 18.0 Å². The van der Waals surface area contributed by atoms with E-state index in [4.69, 9.17) is 0 Å². The molecule has 0 spiro atoms. The summed E-state index contributed by atoms with van der Waals surface area (Å²) in [4.78, 5) is 11.9. The van der Waals surface area contributed by atoms with Gasteiger partial charge in [0.1, 0.15) is 0 Å². The van der Waals surface area contributed by atoms with Crippen LogP contribution in [-0.2, 0) is 17.5 Å². The summed E-state index contributed by atoms with van der Waals surface area (Å²) in [5.41, 5.74) is -0.477. The molecular formula is C15H15F3N4O. The Kier molecular flexibility index (Phi) is 4.06. The van der Waals surface area contributed by atoms with Crippen molar-refractivity contribution in [2.75, 3.05) is 0 Å². The van der Waals surface area contributed by atoms with Crippen LogP contribution in [0, 0.1) is 5.92 Å². The molecule has 2 aromatic heterocycles. The number of allylic oxidation sites excluding steroid dienone is 2. The molecular weight excluding hydrogens is 309 g/mol. The Morgan fingerprint density at radius 3 is 2.87 bits per heavy atom. The molecule has 1 atom stereocenters. The van der Waals surface area contributed by atoms with Gasteiger partial charge in [0.05, 0.1) is 12.1 Å². The fourth-order valence-corrected chi connectivity index (χ4v) is 2.58. The summed E-state index contributed by atoms with van der Waals surface area (Å²) in [5.74, 6) is 0.355. The highest BCUT2D eigenvalue weighted by Crippen LogP contribution is 2.29. The molecule has 8 heteroatoms. The standard InChI is InChI=1S/C15H15F3N4O/c16-15(17,18)11-5-6-12-20-21-13(22(12)9-11)8-19-14(23)7-10-3-1-2-4-10/h1,3,5-6,9-10H,2,4,7-8H2,(H,19,23)/t10-/m1/s1. The molecule has 0 unspecified atom stereocenters. The number of fused-ring (bicyclic) bond motifs is 1. The van der Waals surface area contributed by atoms with E-state index in [1.165, 1.54) is 10.5 Å². The fraction of sp³-hybridized carbons (Fsp3) is 0.400. The van der Waals surface area contributed by atoms with Crippen LogP contribution in [0.2, 0.25) is 0 Å². The lowest BCUT2D eigenvalue weighted by Crippen LogP contribution is -2.25. The SMILES string of the molecule is O=C(C[C@@H]1C=CCC1)NCc1nnc2ccc(C(F)(F)F)cn12. The lowest BCUT2D eigenvalue weighted by molar-refractivity contribution is -0.137. The molecule has 0 saturated carbocycles. The highest BCUT2D eigenvalue weighted by molar-refractivity contribution is 5.76. The van der Waals surface area contributed by atoms with Crippen molar-refractivity contribution in [1.29, 1.82) is 0 Å². The maximum atomic E-state index is 12.8. The van der Waals surface area contributed by atoms with Gasteiger partial charge in [-0.05, 0) is 30.9 Å². The maximum absolute atomic E-state index is 12.8. The smallest absolute Gasteiger partial charge is 0.349 e. The molecule has 1 N–H and O–H groups in total. The van der Waals surface area contributed by atoms with Gasteiger partial charge in [-0.25, -0.2) is 0 Å². The van der Waals surface area contributed by atoms with Crippen molar-refractivity contribution in [3.63, 3.8) is 0 Å². The summed E-state index contributed by atoms with van der Waals surface area (Å²) in [6.07, 6.45) is 2.87. The molecule has 2 heterocycles. The van der Waals surface area contributed by atoms with Gasteiger partial charge in [0.2, 0.25) is 5.91 Å². The molecule has 1 amide bonds. The number of nitrogens with zero attached hydrogens (tertiary/aromatic N) is 3. The molecule has 1 aliphatic carbocycles. The summed E-state index contributed by atoms with van der Waals surface area (Å²) in [6.45, 7) is 0.0394. The van der Waals surface area contributed by atoms with Crippen LogP contribution >= 0.6 is 0 Å². The zero-order chi connectivity index (χ0) is 16.4. The number of aromatic nitrogens is 3. The quantitative estimate of drug-likeness (QED) is 0.880. The van der Waals surface area contributed by atoms with Crippen LogP contribution in [-0.4, -0.2) is 20.5 Å². The first-order valence-electron chi connectivity index (χ1n) is 7.28. The summed E-state index contributed by atoms with van der Waals surface area (Å²) in [6, 6.07) is 2.21. The van der Waals surface area contributed by atoms with Crippen LogP contribution in [0.15, 0.2) is 30.5 Å². The largest absolute Gasteiger partial charge is 0.417 e. The van der Waals surface area contributed by atoms with Gasteiger partial charge in [-0.1, -0.05) is 12.2 Å². The van der Waals surface area contributed by atoms with Gasteiger partial charge in [0, 0.05) is 12.6 Å². The van der Waals surface area contributed by atoms with Crippen molar-refractivity contribution in [3.8, 4) is 0 Å². The predicted molar refractivity (Wildman–Crippen MR) is 76.3 cm³/mol. The Bertz CT molecular complexity index is 751. The number of pyridine rings is 1. The number of carbonyl (C=O) groups is 1. The van der Waals surface area contributed by atoms with E-state index >= 15 is 0 Å². The van der Waals surface area contributed by atoms with Crippen LogP contribution < -0.4 is 5.32 Å². The molecule has 122 valence electrons. The first-order valence-corrected chi connectivity index (χ1v) is 7.28. The van der Waals surface area contributed by atoms with Gasteiger partial charge in [-0.2, -0.15) is 13.2 Å². The monoisotopic (exact) mass is 324 g/mol. The van der Waals surface area contributed by atoms with Crippen molar-refractivity contribution in [2.45, 2.75) is 32.0 Å². The third kappa shape index (κ3) is 3.52. The van der Waals surface area contributed by atoms with E-state index in [0.717, 1.165) is 25.1 Å². The van der Waals surface area contributed by atoms with E-state index in [-0.39, 0.29) is 24.2 Å². The number of halogens is 3. The second-order valence-corrected chi connectivity index (χ2v) is 5.51. The summed E-state index contributed by atoms with van der Waals surface area (Å²) in [7, 11) is 0. The minimum absolute atomic E-state index is 0.0394. The van der Waals surface area contributed by atoms with Gasteiger partial charge >= 0.3 is 6.18 Å². The average molecular weight is 324 g/mol. The van der Waals surface area contributed by atoms with Crippen molar-refractivity contribution in [1.82, 2.24) is 19.9 Å². The Morgan fingerprint density at radius 2 is 2.17 bits per heavy atom. The molecule has 3 rings (SSSR count). The van der Waals surface area contributed by atoms with Gasteiger partial charge in [-0.15, -0.1) is 10.2 Å². The van der Waals surface area contributed by atoms with Crippen molar-refractivity contribution < 1.29 is 18.0 Å². The van der Waals surface area contributed by atoms with Gasteiger partial charge < -0.3 is 5.32 Å². The number of rotatable bonds is 4. The van der Waals surface area contributed by atoms with Crippen molar-refractivity contribution >= 4 is 11.6 Å². The number of hydrogen-bond acceptors (Lipinski definition) is 3. The lowest BCUT2D eigenvalue weighted by Gasteiger charge is -2.09. The number of alkyl halides is 3. The highest BCUT2D eigenvalue weighted by Gasteiger charge is 2.31. The van der Waals surface area contributed by atoms with Crippen LogP contribution in [0.1, 0.15) is 30.7 Å². The van der Waals surface area contributed by atoms with Crippen molar-refractivity contribution in [2.24, 2.45) is 5.92 Å². The summed E-state index contributed by atoms with van der Waals surface area (Å²) in [5, 5.41) is 10.3. The molecule has 5 nitrogen and oxygen atoms in total. The van der Waals surface area contributed by atoms with Crippen LogP contribution in [0.5, 0.6) is 0 Å². The minimum Gasteiger partial charge on any atom is -0.349 e. The number of amides is 1. The zero-order valence-electron chi connectivity index (χ0n) is 12.2. The average Bonchev–Trinajstić information content (AvgIpc) is 3.13. The normalized spacial score (nSPS) is 17.8. The van der Waals surface area contributed by atoms with E-state index in [1.807, 2.05) is 12.2 Å². The van der Waals surface area contributed by atoms with Crippen molar-refractivity contribution in [3.05, 3.63) is 41.9 Å². The van der Waals surface area contributed by atoms with E-state index < -0.39 is 11.7 Å². The number of nitrogens with one attached hydrogen (secondary N) is 1. The molecule has 0 aromatic carbocycles. The Morgan fingerprint density at radius 1 is 1.35 bits per heavy atom. The Labute approximate surface area is 130 Å². The summed E-state index contributed by atoms with van der Waals surface area (Å²) >= 11 is 0. The molecule has 1 aliphatic rings. The van der Waals surface area contributed by atoms with E-state index in [2.05, 4.69) is 15.5 Å². The molecule has 23 heavy (non-hydrogen) atoms. The molecule has 0 bridgehead atoms. The van der Waals surface area contributed by atoms with Gasteiger partial charge in [-0.3, -0.25) is 9.20 Å². The van der Waals surface area contributed by atoms with Gasteiger partial charge in [0.15, 0.2) is 11.5 Å². The second kappa shape index (κ2) is 6.02. The lowest BCUT2D eigenvalue weighted by atomic mass is 10.1. The van der Waals surface area contributed by atoms with E-state index in [0.29, 0.717) is 12.1 Å². The van der Waals surface area contributed by atoms with E-state index in [1.54, 1.807) is 0 Å².